The fourth-order valence-corrected chi connectivity index (χ4v) is 5.50. The SMILES string of the molecule is C=C(C)CNc1ccc(C(C)C(=O)O)cc1.Cc1ccc2c(c1)CC(=O)c1cc(C(C)C(=O)O)ccc1O2.O=C(O)Cc1ccc(-c2ccccc2)cc1. The van der Waals surface area contributed by atoms with Gasteiger partial charge in [-0.15, -0.1) is 0 Å². The molecule has 0 radical (unpaired) electrons. The van der Waals surface area contributed by atoms with Crippen LogP contribution in [0, 0.1) is 6.92 Å². The van der Waals surface area contributed by atoms with Crippen LogP contribution < -0.4 is 10.1 Å². The number of aliphatic carboxylic acids is 3. The average molecular weight is 728 g/mol. The molecule has 54 heavy (non-hydrogen) atoms. The van der Waals surface area contributed by atoms with Gasteiger partial charge in [-0.05, 0) is 85.8 Å². The summed E-state index contributed by atoms with van der Waals surface area (Å²) in [6.45, 7) is 11.7. The minimum absolute atomic E-state index is 0.0567. The summed E-state index contributed by atoms with van der Waals surface area (Å²) < 4.78 is 5.85. The van der Waals surface area contributed by atoms with E-state index in [1.54, 1.807) is 32.0 Å². The Kier molecular flexibility index (Phi) is 14.1. The summed E-state index contributed by atoms with van der Waals surface area (Å²) in [5.74, 6) is -2.54. The van der Waals surface area contributed by atoms with Crippen molar-refractivity contribution < 1.29 is 39.2 Å². The molecule has 1 heterocycles. The quantitative estimate of drug-likeness (QED) is 0.103. The number of carboxylic acids is 3. The molecule has 9 nitrogen and oxygen atoms in total. The molecule has 6 rings (SSSR count). The van der Waals surface area contributed by atoms with Crippen molar-refractivity contribution in [3.63, 3.8) is 0 Å². The Morgan fingerprint density at radius 1 is 0.741 bits per heavy atom. The van der Waals surface area contributed by atoms with E-state index in [1.807, 2.05) is 111 Å². The Bertz CT molecular complexity index is 2100. The molecule has 1 aliphatic heterocycles. The van der Waals surface area contributed by atoms with Gasteiger partial charge in [0.1, 0.15) is 11.5 Å². The van der Waals surface area contributed by atoms with Gasteiger partial charge in [-0.25, -0.2) is 0 Å². The standard InChI is InChI=1S/C18H16O4.C14H12O2.C13H17NO2/c1-10-3-5-16-13(7-10)9-15(19)14-8-12(11(2)18(20)21)4-6-17(14)22-16;15-14(16)10-11-6-8-13(9-7-11)12-4-2-1-3-5-12;1-9(2)8-14-12-6-4-11(5-7-12)10(3)13(15)16/h3-8,11H,9H2,1-2H3,(H,20,21);1-9H,10H2,(H,15,16);4-7,10,14H,1,8H2,2-3H3,(H,15,16). The highest BCUT2D eigenvalue weighted by molar-refractivity contribution is 6.01. The average Bonchev–Trinajstić information content (AvgIpc) is 3.29. The van der Waals surface area contributed by atoms with Crippen LogP contribution in [0.1, 0.15) is 70.8 Å². The molecule has 5 aromatic carbocycles. The van der Waals surface area contributed by atoms with Crippen LogP contribution in [0.4, 0.5) is 5.69 Å². The van der Waals surface area contributed by atoms with E-state index in [1.165, 1.54) is 0 Å². The Morgan fingerprint density at radius 3 is 1.91 bits per heavy atom. The third-order valence-electron chi connectivity index (χ3n) is 8.75. The maximum atomic E-state index is 12.5. The predicted molar refractivity (Wildman–Crippen MR) is 211 cm³/mol. The van der Waals surface area contributed by atoms with E-state index in [4.69, 9.17) is 20.1 Å². The highest BCUT2D eigenvalue weighted by Gasteiger charge is 2.24. The molecular weight excluding hydrogens is 682 g/mol. The number of ketones is 1. The summed E-state index contributed by atoms with van der Waals surface area (Å²) >= 11 is 0. The van der Waals surface area contributed by atoms with Crippen LogP contribution in [0.5, 0.6) is 11.5 Å². The Labute approximate surface area is 315 Å². The molecule has 0 spiro atoms. The number of ether oxygens (including phenoxy) is 1. The fourth-order valence-electron chi connectivity index (χ4n) is 5.50. The summed E-state index contributed by atoms with van der Waals surface area (Å²) in [7, 11) is 0. The number of anilines is 1. The van der Waals surface area contributed by atoms with Crippen molar-refractivity contribution >= 4 is 29.4 Å². The highest BCUT2D eigenvalue weighted by Crippen LogP contribution is 2.35. The van der Waals surface area contributed by atoms with Crippen LogP contribution in [0.3, 0.4) is 0 Å². The lowest BCUT2D eigenvalue weighted by Crippen LogP contribution is -2.09. The molecule has 9 heteroatoms. The van der Waals surface area contributed by atoms with Crippen LogP contribution >= 0.6 is 0 Å². The summed E-state index contributed by atoms with van der Waals surface area (Å²) in [6.07, 6.45) is 0.337. The first-order chi connectivity index (χ1) is 25.7. The molecule has 1 aliphatic rings. The molecule has 0 saturated carbocycles. The fraction of sp³-hybridized carbons (Fsp3) is 0.200. The Balaban J connectivity index is 0.000000184. The number of Topliss-reactive ketones (excluding diaryl/α,β-unsaturated/α-hetero) is 1. The zero-order valence-corrected chi connectivity index (χ0v) is 30.8. The highest BCUT2D eigenvalue weighted by atomic mass is 16.5. The van der Waals surface area contributed by atoms with Gasteiger partial charge >= 0.3 is 17.9 Å². The largest absolute Gasteiger partial charge is 0.481 e. The van der Waals surface area contributed by atoms with Crippen molar-refractivity contribution in [1.29, 1.82) is 0 Å². The number of hydrogen-bond donors (Lipinski definition) is 4. The van der Waals surface area contributed by atoms with Gasteiger partial charge in [-0.3, -0.25) is 19.2 Å². The summed E-state index contributed by atoms with van der Waals surface area (Å²) in [4.78, 5) is 44.9. The number of carbonyl (C=O) groups is 4. The number of hydrogen-bond acceptors (Lipinski definition) is 6. The third kappa shape index (κ3) is 11.5. The normalized spacial score (nSPS) is 12.3. The molecule has 0 saturated heterocycles. The number of fused-ring (bicyclic) bond motifs is 2. The second-order valence-corrected chi connectivity index (χ2v) is 13.3. The zero-order chi connectivity index (χ0) is 39.4. The van der Waals surface area contributed by atoms with Crippen LogP contribution in [0.2, 0.25) is 0 Å². The zero-order valence-electron chi connectivity index (χ0n) is 30.8. The van der Waals surface area contributed by atoms with Gasteiger partial charge in [0.05, 0.1) is 23.8 Å². The first kappa shape index (κ1) is 40.3. The van der Waals surface area contributed by atoms with Crippen molar-refractivity contribution in [2.24, 2.45) is 0 Å². The number of benzene rings is 5. The second kappa shape index (κ2) is 18.8. The van der Waals surface area contributed by atoms with Crippen molar-refractivity contribution in [3.05, 3.63) is 161 Å². The monoisotopic (exact) mass is 727 g/mol. The first-order valence-corrected chi connectivity index (χ1v) is 17.5. The maximum Gasteiger partial charge on any atom is 0.310 e. The lowest BCUT2D eigenvalue weighted by Gasteiger charge is -2.11. The van der Waals surface area contributed by atoms with Crippen molar-refractivity contribution in [2.75, 3.05) is 11.9 Å². The first-order valence-electron chi connectivity index (χ1n) is 17.5. The van der Waals surface area contributed by atoms with Gasteiger partial charge in [-0.1, -0.05) is 103 Å². The van der Waals surface area contributed by atoms with Gasteiger partial charge in [-0.2, -0.15) is 0 Å². The summed E-state index contributed by atoms with van der Waals surface area (Å²) in [5, 5.41) is 29.8. The lowest BCUT2D eigenvalue weighted by molar-refractivity contribution is -0.139. The molecule has 0 amide bonds. The van der Waals surface area contributed by atoms with Crippen molar-refractivity contribution in [1.82, 2.24) is 0 Å². The van der Waals surface area contributed by atoms with Crippen molar-refractivity contribution in [2.45, 2.75) is 52.4 Å². The smallest absolute Gasteiger partial charge is 0.310 e. The lowest BCUT2D eigenvalue weighted by atomic mass is 9.95. The number of aryl methyl sites for hydroxylation is 1. The van der Waals surface area contributed by atoms with Crippen molar-refractivity contribution in [3.8, 4) is 22.6 Å². The Hall–Kier alpha value is -6.48. The summed E-state index contributed by atoms with van der Waals surface area (Å²) in [6, 6.07) is 35.8. The molecule has 0 aromatic heterocycles. The van der Waals surface area contributed by atoms with E-state index in [-0.39, 0.29) is 18.6 Å². The maximum absolute atomic E-state index is 12.5. The summed E-state index contributed by atoms with van der Waals surface area (Å²) in [5.41, 5.74) is 8.90. The molecule has 2 atom stereocenters. The van der Waals surface area contributed by atoms with E-state index in [0.717, 1.165) is 51.2 Å². The van der Waals surface area contributed by atoms with E-state index in [2.05, 4.69) is 11.9 Å². The molecule has 0 bridgehead atoms. The molecule has 278 valence electrons. The minimum atomic E-state index is -0.916. The van der Waals surface area contributed by atoms with E-state index in [9.17, 15) is 19.2 Å². The van der Waals surface area contributed by atoms with E-state index >= 15 is 0 Å². The Morgan fingerprint density at radius 2 is 1.31 bits per heavy atom. The molecular formula is C45H45NO8. The number of nitrogens with one attached hydrogen (secondary N) is 1. The van der Waals surface area contributed by atoms with Crippen LogP contribution in [-0.2, 0) is 27.2 Å². The molecule has 4 N–H and O–H groups in total. The van der Waals surface area contributed by atoms with Gasteiger partial charge in [0.2, 0.25) is 0 Å². The number of carboxylic acid groups (broad SMARTS) is 3. The molecule has 2 unspecified atom stereocenters. The topological polar surface area (TPSA) is 150 Å². The van der Waals surface area contributed by atoms with Gasteiger partial charge in [0.15, 0.2) is 5.78 Å². The van der Waals surface area contributed by atoms with Gasteiger partial charge < -0.3 is 25.4 Å². The number of carbonyl (C=O) groups excluding carboxylic acids is 1. The van der Waals surface area contributed by atoms with E-state index < -0.39 is 29.7 Å². The number of rotatable bonds is 10. The predicted octanol–water partition coefficient (Wildman–Crippen LogP) is 9.56. The van der Waals surface area contributed by atoms with E-state index in [0.29, 0.717) is 22.6 Å². The van der Waals surface area contributed by atoms with Crippen LogP contribution in [0.15, 0.2) is 127 Å². The molecule has 0 aliphatic carbocycles. The molecule has 5 aromatic rings. The van der Waals surface area contributed by atoms with Gasteiger partial charge in [0.25, 0.3) is 0 Å². The third-order valence-corrected chi connectivity index (χ3v) is 8.75. The second-order valence-electron chi connectivity index (χ2n) is 13.3. The van der Waals surface area contributed by atoms with Crippen LogP contribution in [0.25, 0.3) is 11.1 Å². The van der Waals surface area contributed by atoms with Gasteiger partial charge in [0, 0.05) is 24.2 Å². The van der Waals surface area contributed by atoms with Crippen LogP contribution in [-0.4, -0.2) is 45.6 Å². The molecule has 0 fully saturated rings. The minimum Gasteiger partial charge on any atom is -0.481 e.